The Hall–Kier alpha value is -1.03. The average Bonchev–Trinajstić information content (AvgIpc) is 2.73. The van der Waals surface area contributed by atoms with Crippen LogP contribution in [0.25, 0.3) is 5.52 Å². The van der Waals surface area contributed by atoms with Crippen LogP contribution in [-0.2, 0) is 0 Å². The molecule has 80 valence electrons. The Morgan fingerprint density at radius 3 is 3.07 bits per heavy atom. The SMILES string of the molecule is BrCCCCOc1cccc2ccnn12. The van der Waals surface area contributed by atoms with E-state index in [1.165, 1.54) is 0 Å². The Balaban J connectivity index is 2.04. The molecule has 3 nitrogen and oxygen atoms in total. The second kappa shape index (κ2) is 5.16. The number of alkyl halides is 1. The summed E-state index contributed by atoms with van der Waals surface area (Å²) < 4.78 is 7.47. The first-order valence-corrected chi connectivity index (χ1v) is 6.15. The molecule has 0 aliphatic carbocycles. The fourth-order valence-corrected chi connectivity index (χ4v) is 1.80. The van der Waals surface area contributed by atoms with Gasteiger partial charge in [-0.1, -0.05) is 22.0 Å². The average molecular weight is 269 g/mol. The molecule has 0 saturated carbocycles. The third kappa shape index (κ3) is 2.50. The highest BCUT2D eigenvalue weighted by molar-refractivity contribution is 9.09. The van der Waals surface area contributed by atoms with E-state index in [1.54, 1.807) is 6.20 Å². The van der Waals surface area contributed by atoms with E-state index in [0.29, 0.717) is 0 Å². The normalized spacial score (nSPS) is 10.7. The van der Waals surface area contributed by atoms with Crippen molar-refractivity contribution in [2.24, 2.45) is 0 Å². The third-order valence-electron chi connectivity index (χ3n) is 2.16. The molecule has 0 aliphatic heterocycles. The largest absolute Gasteiger partial charge is 0.478 e. The van der Waals surface area contributed by atoms with Crippen LogP contribution in [0.5, 0.6) is 5.88 Å². The zero-order chi connectivity index (χ0) is 10.5. The van der Waals surface area contributed by atoms with Crippen LogP contribution in [0.3, 0.4) is 0 Å². The molecular formula is C11H13BrN2O. The summed E-state index contributed by atoms with van der Waals surface area (Å²) >= 11 is 3.40. The molecule has 0 aromatic carbocycles. The summed E-state index contributed by atoms with van der Waals surface area (Å²) in [7, 11) is 0. The van der Waals surface area contributed by atoms with Gasteiger partial charge in [0, 0.05) is 11.4 Å². The van der Waals surface area contributed by atoms with Gasteiger partial charge in [0.25, 0.3) is 0 Å². The molecule has 0 radical (unpaired) electrons. The summed E-state index contributed by atoms with van der Waals surface area (Å²) in [5, 5.41) is 5.23. The fraction of sp³-hybridized carbons (Fsp3) is 0.364. The zero-order valence-corrected chi connectivity index (χ0v) is 9.98. The Bertz CT molecular complexity index is 427. The predicted molar refractivity (Wildman–Crippen MR) is 63.7 cm³/mol. The molecule has 0 N–H and O–H groups in total. The molecule has 0 bridgehead atoms. The number of nitrogens with zero attached hydrogens (tertiary/aromatic N) is 2. The van der Waals surface area contributed by atoms with Gasteiger partial charge in [-0.2, -0.15) is 5.10 Å². The molecule has 0 saturated heterocycles. The number of hydrogen-bond acceptors (Lipinski definition) is 2. The first-order valence-electron chi connectivity index (χ1n) is 5.03. The predicted octanol–water partition coefficient (Wildman–Crippen LogP) is 2.89. The van der Waals surface area contributed by atoms with Gasteiger partial charge in [-0.25, -0.2) is 4.52 Å². The fourth-order valence-electron chi connectivity index (χ4n) is 1.41. The lowest BCUT2D eigenvalue weighted by Gasteiger charge is -2.06. The summed E-state index contributed by atoms with van der Waals surface area (Å²) in [5.41, 5.74) is 1.06. The Labute approximate surface area is 97.2 Å². The molecule has 0 fully saturated rings. The first kappa shape index (κ1) is 10.5. The van der Waals surface area contributed by atoms with E-state index in [1.807, 2.05) is 28.8 Å². The Morgan fingerprint density at radius 1 is 1.27 bits per heavy atom. The van der Waals surface area contributed by atoms with E-state index in [-0.39, 0.29) is 0 Å². The maximum Gasteiger partial charge on any atom is 0.214 e. The van der Waals surface area contributed by atoms with Crippen molar-refractivity contribution in [3.8, 4) is 5.88 Å². The molecule has 2 aromatic heterocycles. The summed E-state index contributed by atoms with van der Waals surface area (Å²) in [6, 6.07) is 7.90. The lowest BCUT2D eigenvalue weighted by Crippen LogP contribution is -2.02. The van der Waals surface area contributed by atoms with E-state index >= 15 is 0 Å². The van der Waals surface area contributed by atoms with Crippen molar-refractivity contribution >= 4 is 21.4 Å². The monoisotopic (exact) mass is 268 g/mol. The van der Waals surface area contributed by atoms with Gasteiger partial charge in [-0.05, 0) is 25.0 Å². The van der Waals surface area contributed by atoms with Gasteiger partial charge in [0.1, 0.15) is 0 Å². The molecule has 0 aliphatic rings. The van der Waals surface area contributed by atoms with E-state index < -0.39 is 0 Å². The standard InChI is InChI=1S/C11H13BrN2O/c12-7-1-2-9-15-11-5-3-4-10-6-8-13-14(10)11/h3-6,8H,1-2,7,9H2. The van der Waals surface area contributed by atoms with Crippen LogP contribution in [0.4, 0.5) is 0 Å². The molecule has 15 heavy (non-hydrogen) atoms. The number of aromatic nitrogens is 2. The second-order valence-electron chi connectivity index (χ2n) is 3.28. The van der Waals surface area contributed by atoms with Crippen molar-refractivity contribution in [1.82, 2.24) is 9.61 Å². The highest BCUT2D eigenvalue weighted by Crippen LogP contribution is 2.13. The maximum absolute atomic E-state index is 5.66. The molecule has 0 amide bonds. The minimum Gasteiger partial charge on any atom is -0.478 e. The molecule has 2 heterocycles. The van der Waals surface area contributed by atoms with Crippen LogP contribution in [0.15, 0.2) is 30.5 Å². The molecule has 4 heteroatoms. The Kier molecular flexibility index (Phi) is 3.61. The quantitative estimate of drug-likeness (QED) is 0.616. The van der Waals surface area contributed by atoms with Crippen LogP contribution in [0.2, 0.25) is 0 Å². The molecule has 2 aromatic rings. The number of ether oxygens (including phenoxy) is 1. The van der Waals surface area contributed by atoms with Gasteiger partial charge >= 0.3 is 0 Å². The lowest BCUT2D eigenvalue weighted by molar-refractivity contribution is 0.291. The third-order valence-corrected chi connectivity index (χ3v) is 2.73. The van der Waals surface area contributed by atoms with Gasteiger partial charge < -0.3 is 4.74 Å². The van der Waals surface area contributed by atoms with Gasteiger partial charge in [0.2, 0.25) is 5.88 Å². The van der Waals surface area contributed by atoms with Gasteiger partial charge in [0.05, 0.1) is 18.3 Å². The Morgan fingerprint density at radius 2 is 2.20 bits per heavy atom. The van der Waals surface area contributed by atoms with E-state index in [0.717, 1.165) is 36.2 Å². The minimum absolute atomic E-state index is 0.741. The van der Waals surface area contributed by atoms with Crippen molar-refractivity contribution in [2.45, 2.75) is 12.8 Å². The highest BCUT2D eigenvalue weighted by atomic mass is 79.9. The second-order valence-corrected chi connectivity index (χ2v) is 4.07. The topological polar surface area (TPSA) is 26.5 Å². The zero-order valence-electron chi connectivity index (χ0n) is 8.40. The smallest absolute Gasteiger partial charge is 0.214 e. The molecule has 0 spiro atoms. The van der Waals surface area contributed by atoms with Gasteiger partial charge in [0.15, 0.2) is 0 Å². The van der Waals surface area contributed by atoms with Crippen molar-refractivity contribution in [3.63, 3.8) is 0 Å². The number of hydrogen-bond donors (Lipinski definition) is 0. The summed E-state index contributed by atoms with van der Waals surface area (Å²) in [6.45, 7) is 0.741. The lowest BCUT2D eigenvalue weighted by atomic mass is 10.3. The number of pyridine rings is 1. The number of unbranched alkanes of at least 4 members (excludes halogenated alkanes) is 1. The van der Waals surface area contributed by atoms with Crippen molar-refractivity contribution in [3.05, 3.63) is 30.5 Å². The van der Waals surface area contributed by atoms with Crippen LogP contribution < -0.4 is 4.74 Å². The number of fused-ring (bicyclic) bond motifs is 1. The van der Waals surface area contributed by atoms with E-state index in [4.69, 9.17) is 4.74 Å². The molecule has 2 rings (SSSR count). The van der Waals surface area contributed by atoms with Crippen molar-refractivity contribution in [2.75, 3.05) is 11.9 Å². The highest BCUT2D eigenvalue weighted by Gasteiger charge is 2.00. The molecule has 0 atom stereocenters. The van der Waals surface area contributed by atoms with Crippen LogP contribution in [0, 0.1) is 0 Å². The first-order chi connectivity index (χ1) is 7.42. The van der Waals surface area contributed by atoms with Gasteiger partial charge in [-0.3, -0.25) is 0 Å². The van der Waals surface area contributed by atoms with Crippen LogP contribution >= 0.6 is 15.9 Å². The maximum atomic E-state index is 5.66. The summed E-state index contributed by atoms with van der Waals surface area (Å²) in [5.74, 6) is 0.812. The van der Waals surface area contributed by atoms with Crippen molar-refractivity contribution < 1.29 is 4.74 Å². The number of halogens is 1. The van der Waals surface area contributed by atoms with Gasteiger partial charge in [-0.15, -0.1) is 0 Å². The molecule has 0 unspecified atom stereocenters. The van der Waals surface area contributed by atoms with Crippen LogP contribution in [0.1, 0.15) is 12.8 Å². The summed E-state index contributed by atoms with van der Waals surface area (Å²) in [6.07, 6.45) is 3.97. The van der Waals surface area contributed by atoms with E-state index in [9.17, 15) is 0 Å². The minimum atomic E-state index is 0.741. The van der Waals surface area contributed by atoms with Crippen LogP contribution in [-0.4, -0.2) is 21.6 Å². The van der Waals surface area contributed by atoms with E-state index in [2.05, 4.69) is 21.0 Å². The summed E-state index contributed by atoms with van der Waals surface area (Å²) in [4.78, 5) is 0. The molecular weight excluding hydrogens is 256 g/mol. The number of rotatable bonds is 5. The van der Waals surface area contributed by atoms with Crippen molar-refractivity contribution in [1.29, 1.82) is 0 Å².